The van der Waals surface area contributed by atoms with Crippen molar-refractivity contribution < 1.29 is 9.72 Å². The lowest BCUT2D eigenvalue weighted by atomic mass is 10.8. The highest BCUT2D eigenvalue weighted by atomic mass is 16.6. The molecule has 0 aromatic heterocycles. The molecule has 6 heavy (non-hydrogen) atoms. The van der Waals surface area contributed by atoms with Crippen LogP contribution in [0.3, 0.4) is 0 Å². The first kappa shape index (κ1) is 5.07. The predicted octanol–water partition coefficient (Wildman–Crippen LogP) is -0.376. The van der Waals surface area contributed by atoms with Gasteiger partial charge >= 0.3 is 6.54 Å². The number of hydrogen-bond acceptors (Lipinski definition) is 3. The number of nitrogens with zero attached hydrogens (tertiary/aromatic N) is 1. The molecule has 0 bridgehead atoms. The van der Waals surface area contributed by atoms with Crippen molar-refractivity contribution in [1.29, 1.82) is 0 Å². The fraction of sp³-hybridized carbons (Fsp3) is 0. The maximum absolute atomic E-state index is 9.12. The highest BCUT2D eigenvalue weighted by molar-refractivity contribution is 5.57. The lowest BCUT2D eigenvalue weighted by molar-refractivity contribution is -0.426. The Kier molecular flexibility index (Phi) is 1.96. The van der Waals surface area contributed by atoms with Crippen LogP contribution in [0.5, 0.6) is 0 Å². The van der Waals surface area contributed by atoms with Gasteiger partial charge in [-0.15, -0.1) is 0 Å². The minimum atomic E-state index is -0.812. The Morgan fingerprint density at radius 2 is 2.17 bits per heavy atom. The van der Waals surface area contributed by atoms with Gasteiger partial charge in [0.15, 0.2) is 0 Å². The number of nitro groups is 1. The van der Waals surface area contributed by atoms with Crippen LogP contribution >= 0.6 is 0 Å². The zero-order chi connectivity index (χ0) is 4.99. The third-order valence-corrected chi connectivity index (χ3v) is 0.183. The van der Waals surface area contributed by atoms with Gasteiger partial charge in [0, 0.05) is 4.92 Å². The number of aldehydes is 1. The minimum Gasteiger partial charge on any atom is -0.295 e. The summed E-state index contributed by atoms with van der Waals surface area (Å²) in [6.45, 7) is 0.333. The van der Waals surface area contributed by atoms with Crippen LogP contribution < -0.4 is 0 Å². The van der Waals surface area contributed by atoms with Gasteiger partial charge in [0.25, 0.3) is 0 Å². The van der Waals surface area contributed by atoms with E-state index in [-0.39, 0.29) is 6.29 Å². The molecule has 0 N–H and O–H groups in total. The van der Waals surface area contributed by atoms with Gasteiger partial charge in [0.05, 0.1) is 0 Å². The summed E-state index contributed by atoms with van der Waals surface area (Å²) in [6.07, 6.45) is 0.125. The summed E-state index contributed by atoms with van der Waals surface area (Å²) >= 11 is 0. The first-order valence-electron chi connectivity index (χ1n) is 1.19. The van der Waals surface area contributed by atoms with Gasteiger partial charge in [-0.2, -0.15) is 0 Å². The van der Waals surface area contributed by atoms with E-state index in [9.17, 15) is 0 Å². The Labute approximate surface area is 33.9 Å². The molecule has 0 aromatic rings. The normalized spacial score (nSPS) is 7.33. The summed E-state index contributed by atoms with van der Waals surface area (Å²) in [5.41, 5.74) is 0. The van der Waals surface area contributed by atoms with E-state index >= 15 is 0 Å². The maximum atomic E-state index is 9.12. The summed E-state index contributed by atoms with van der Waals surface area (Å²) < 4.78 is 0. The van der Waals surface area contributed by atoms with E-state index in [1.807, 2.05) is 0 Å². The predicted molar refractivity (Wildman–Crippen MR) is 17.4 cm³/mol. The van der Waals surface area contributed by atoms with Crippen LogP contribution in [0.25, 0.3) is 0 Å². The molecular weight excluding hydrogens is 86.0 g/mol. The lowest BCUT2D eigenvalue weighted by Gasteiger charge is -1.71. The molecule has 4 heteroatoms. The zero-order valence-corrected chi connectivity index (χ0v) is 2.83. The third kappa shape index (κ3) is 3.07. The summed E-state index contributed by atoms with van der Waals surface area (Å²) in [4.78, 5) is 17.4. The van der Waals surface area contributed by atoms with Crippen molar-refractivity contribution in [3.8, 4) is 0 Å². The third-order valence-electron chi connectivity index (χ3n) is 0.183. The first-order chi connectivity index (χ1) is 2.77. The van der Waals surface area contributed by atoms with Crippen molar-refractivity contribution in [1.82, 2.24) is 0 Å². The molecule has 0 aromatic carbocycles. The van der Waals surface area contributed by atoms with E-state index in [0.717, 1.165) is 0 Å². The molecule has 0 rings (SSSR count). The second kappa shape index (κ2) is 2.32. The van der Waals surface area contributed by atoms with Crippen molar-refractivity contribution >= 4 is 6.29 Å². The van der Waals surface area contributed by atoms with Crippen LogP contribution in [-0.4, -0.2) is 11.2 Å². The Bertz CT molecular complexity index is 69.2. The van der Waals surface area contributed by atoms with Crippen molar-refractivity contribution in [3.63, 3.8) is 0 Å². The van der Waals surface area contributed by atoms with Crippen molar-refractivity contribution in [2.24, 2.45) is 0 Å². The van der Waals surface area contributed by atoms with E-state index in [2.05, 4.69) is 0 Å². The van der Waals surface area contributed by atoms with Gasteiger partial charge < -0.3 is 0 Å². The largest absolute Gasteiger partial charge is 0.340 e. The molecule has 1 radical (unpaired) electrons. The van der Waals surface area contributed by atoms with E-state index in [0.29, 0.717) is 6.54 Å². The number of rotatable bonds is 2. The molecule has 0 saturated carbocycles. The van der Waals surface area contributed by atoms with Gasteiger partial charge in [-0.3, -0.25) is 14.9 Å². The summed E-state index contributed by atoms with van der Waals surface area (Å²) in [5, 5.41) is 9.12. The van der Waals surface area contributed by atoms with Gasteiger partial charge in [-0.25, -0.2) is 0 Å². The quantitative estimate of drug-likeness (QED) is 0.262. The summed E-state index contributed by atoms with van der Waals surface area (Å²) in [6, 6.07) is 0. The molecule has 0 aliphatic rings. The van der Waals surface area contributed by atoms with Crippen LogP contribution in [0.2, 0.25) is 0 Å². The number of carbonyl (C=O) groups is 1. The first-order valence-corrected chi connectivity index (χ1v) is 1.19. The van der Waals surface area contributed by atoms with Crippen LogP contribution in [-0.2, 0) is 4.79 Å². The van der Waals surface area contributed by atoms with Crippen LogP contribution in [0.15, 0.2) is 0 Å². The van der Waals surface area contributed by atoms with Crippen molar-refractivity contribution in [2.75, 3.05) is 0 Å². The zero-order valence-electron chi connectivity index (χ0n) is 2.83. The molecule has 0 atom stereocenters. The van der Waals surface area contributed by atoms with Gasteiger partial charge in [0.2, 0.25) is 6.29 Å². The molecule has 0 unspecified atom stereocenters. The summed E-state index contributed by atoms with van der Waals surface area (Å²) in [7, 11) is 0. The number of hydrogen-bond donors (Lipinski definition) is 0. The standard InChI is InChI=1S/C2H2NO3/c4-2-1-3(5)6/h1-2H. The van der Waals surface area contributed by atoms with Crippen molar-refractivity contribution in [3.05, 3.63) is 16.7 Å². The highest BCUT2D eigenvalue weighted by Crippen LogP contribution is 1.64. The average Bonchev–Trinajstić information content (AvgIpc) is 1.35. The second-order valence-electron chi connectivity index (χ2n) is 0.571. The number of carbonyl (C=O) groups excluding carboxylic acids is 1. The van der Waals surface area contributed by atoms with Crippen LogP contribution in [0, 0.1) is 16.7 Å². The average molecular weight is 88.0 g/mol. The van der Waals surface area contributed by atoms with Crippen LogP contribution in [0.4, 0.5) is 0 Å². The molecule has 4 nitrogen and oxygen atoms in total. The minimum absolute atomic E-state index is 0.125. The van der Waals surface area contributed by atoms with E-state index in [1.165, 1.54) is 0 Å². The van der Waals surface area contributed by atoms with E-state index in [1.54, 1.807) is 0 Å². The van der Waals surface area contributed by atoms with Gasteiger partial charge in [-0.05, 0) is 0 Å². The van der Waals surface area contributed by atoms with E-state index < -0.39 is 4.92 Å². The van der Waals surface area contributed by atoms with E-state index in [4.69, 9.17) is 14.9 Å². The molecule has 0 heterocycles. The Hall–Kier alpha value is -0.930. The van der Waals surface area contributed by atoms with Gasteiger partial charge in [0.1, 0.15) is 0 Å². The summed E-state index contributed by atoms with van der Waals surface area (Å²) in [5.74, 6) is 0. The smallest absolute Gasteiger partial charge is 0.295 e. The highest BCUT2D eigenvalue weighted by Gasteiger charge is 1.89. The topological polar surface area (TPSA) is 60.2 Å². The SMILES string of the molecule is O=C[CH][N+](=O)[O-]. The molecule has 0 spiro atoms. The molecule has 0 fully saturated rings. The Morgan fingerprint density at radius 3 is 2.17 bits per heavy atom. The fourth-order valence-electron chi connectivity index (χ4n) is 0.0497. The lowest BCUT2D eigenvalue weighted by Crippen LogP contribution is -1.91. The second-order valence-corrected chi connectivity index (χ2v) is 0.571. The Morgan fingerprint density at radius 1 is 1.67 bits per heavy atom. The Balaban J connectivity index is 3.05. The van der Waals surface area contributed by atoms with Crippen molar-refractivity contribution in [2.45, 2.75) is 0 Å². The molecule has 0 saturated heterocycles. The van der Waals surface area contributed by atoms with Gasteiger partial charge in [-0.1, -0.05) is 0 Å². The fourth-order valence-corrected chi connectivity index (χ4v) is 0.0497. The molecule has 33 valence electrons. The molecule has 0 aliphatic heterocycles. The maximum Gasteiger partial charge on any atom is 0.340 e. The van der Waals surface area contributed by atoms with Crippen LogP contribution in [0.1, 0.15) is 0 Å². The molecule has 0 aliphatic carbocycles. The molecule has 0 amide bonds. The molecular formula is C2H2NO3. The monoisotopic (exact) mass is 88.0 g/mol.